The highest BCUT2D eigenvalue weighted by Crippen LogP contribution is 2.29. The number of hydrogen-bond acceptors (Lipinski definition) is 7. The molecule has 0 fully saturated rings. The van der Waals surface area contributed by atoms with Crippen LogP contribution in [0.25, 0.3) is 0 Å². The first-order valence-electron chi connectivity index (χ1n) is 5.48. The lowest BCUT2D eigenvalue weighted by molar-refractivity contribution is -0.165. The molecule has 1 aromatic carbocycles. The molecule has 0 N–H and O–H groups in total. The standard InChI is InChI=1S/C12H14O7S/c1-8(13)18-11(12(14)17-2)9-6-4-5-7-10(9)19-20(3,15)16/h4-7,11H,1-3H3. The first kappa shape index (κ1) is 16.0. The first-order valence-corrected chi connectivity index (χ1v) is 7.29. The third kappa shape index (κ3) is 4.54. The van der Waals surface area contributed by atoms with E-state index in [-0.39, 0.29) is 11.3 Å². The maximum Gasteiger partial charge on any atom is 0.352 e. The van der Waals surface area contributed by atoms with Gasteiger partial charge in [-0.25, -0.2) is 4.79 Å². The number of para-hydroxylation sites is 1. The molecule has 0 spiro atoms. The molecule has 1 unspecified atom stereocenters. The first-order chi connectivity index (χ1) is 9.24. The molecule has 8 heteroatoms. The van der Waals surface area contributed by atoms with Gasteiger partial charge in [-0.1, -0.05) is 18.2 Å². The van der Waals surface area contributed by atoms with E-state index >= 15 is 0 Å². The van der Waals surface area contributed by atoms with Gasteiger partial charge in [0.15, 0.2) is 0 Å². The summed E-state index contributed by atoms with van der Waals surface area (Å²) in [5.41, 5.74) is 0.0833. The molecular formula is C12H14O7S. The van der Waals surface area contributed by atoms with Crippen LogP contribution in [-0.2, 0) is 29.2 Å². The number of carbonyl (C=O) groups excluding carboxylic acids is 2. The van der Waals surface area contributed by atoms with Gasteiger partial charge in [0.1, 0.15) is 5.75 Å². The van der Waals surface area contributed by atoms with Crippen molar-refractivity contribution >= 4 is 22.1 Å². The van der Waals surface area contributed by atoms with Gasteiger partial charge in [0.25, 0.3) is 0 Å². The van der Waals surface area contributed by atoms with Crippen molar-refractivity contribution in [3.8, 4) is 5.75 Å². The van der Waals surface area contributed by atoms with E-state index in [1.165, 1.54) is 18.2 Å². The fraction of sp³-hybridized carbons (Fsp3) is 0.333. The summed E-state index contributed by atoms with van der Waals surface area (Å²) in [6, 6.07) is 5.82. The number of methoxy groups -OCH3 is 1. The number of benzene rings is 1. The summed E-state index contributed by atoms with van der Waals surface area (Å²) >= 11 is 0. The highest BCUT2D eigenvalue weighted by molar-refractivity contribution is 7.86. The van der Waals surface area contributed by atoms with Gasteiger partial charge in [-0.05, 0) is 6.07 Å². The molecule has 0 aliphatic carbocycles. The minimum absolute atomic E-state index is 0.0833. The molecule has 0 aliphatic rings. The van der Waals surface area contributed by atoms with Gasteiger partial charge in [-0.15, -0.1) is 0 Å². The molecular weight excluding hydrogens is 288 g/mol. The zero-order valence-electron chi connectivity index (χ0n) is 11.2. The smallest absolute Gasteiger partial charge is 0.352 e. The zero-order valence-corrected chi connectivity index (χ0v) is 12.0. The van der Waals surface area contributed by atoms with E-state index in [2.05, 4.69) is 4.74 Å². The molecule has 0 saturated heterocycles. The van der Waals surface area contributed by atoms with Gasteiger partial charge in [-0.2, -0.15) is 8.42 Å². The number of esters is 2. The molecule has 0 amide bonds. The topological polar surface area (TPSA) is 96.0 Å². The summed E-state index contributed by atoms with van der Waals surface area (Å²) in [5, 5.41) is 0. The van der Waals surface area contributed by atoms with E-state index in [4.69, 9.17) is 8.92 Å². The Morgan fingerprint density at radius 2 is 1.80 bits per heavy atom. The number of carbonyl (C=O) groups is 2. The number of hydrogen-bond donors (Lipinski definition) is 0. The minimum Gasteiger partial charge on any atom is -0.466 e. The van der Waals surface area contributed by atoms with Crippen LogP contribution in [0.5, 0.6) is 5.75 Å². The summed E-state index contributed by atoms with van der Waals surface area (Å²) in [7, 11) is -2.66. The predicted octanol–water partition coefficient (Wildman–Crippen LogP) is 0.802. The molecule has 0 aromatic heterocycles. The molecule has 7 nitrogen and oxygen atoms in total. The highest BCUT2D eigenvalue weighted by Gasteiger charge is 2.28. The molecule has 0 radical (unpaired) electrons. The Morgan fingerprint density at radius 1 is 1.20 bits per heavy atom. The van der Waals surface area contributed by atoms with Crippen LogP contribution < -0.4 is 4.18 Å². The molecule has 0 saturated carbocycles. The maximum atomic E-state index is 11.7. The van der Waals surface area contributed by atoms with E-state index < -0.39 is 28.2 Å². The van der Waals surface area contributed by atoms with Gasteiger partial charge >= 0.3 is 22.1 Å². The molecule has 0 aliphatic heterocycles. The van der Waals surface area contributed by atoms with Crippen molar-refractivity contribution in [1.82, 2.24) is 0 Å². The molecule has 110 valence electrons. The van der Waals surface area contributed by atoms with Gasteiger partial charge in [0.2, 0.25) is 6.10 Å². The SMILES string of the molecule is COC(=O)C(OC(C)=O)c1ccccc1OS(C)(=O)=O. The average molecular weight is 302 g/mol. The van der Waals surface area contributed by atoms with E-state index in [0.717, 1.165) is 20.3 Å². The van der Waals surface area contributed by atoms with Crippen LogP contribution in [0.2, 0.25) is 0 Å². The zero-order chi connectivity index (χ0) is 15.3. The van der Waals surface area contributed by atoms with Crippen molar-refractivity contribution < 1.29 is 31.7 Å². The predicted molar refractivity (Wildman–Crippen MR) is 68.4 cm³/mol. The fourth-order valence-electron chi connectivity index (χ4n) is 1.45. The Morgan fingerprint density at radius 3 is 2.30 bits per heavy atom. The Balaban J connectivity index is 3.25. The number of ether oxygens (including phenoxy) is 2. The Labute approximate surface area is 116 Å². The molecule has 1 atom stereocenters. The second-order valence-electron chi connectivity index (χ2n) is 3.84. The lowest BCUT2D eigenvalue weighted by Gasteiger charge is -2.17. The maximum absolute atomic E-state index is 11.7. The van der Waals surface area contributed by atoms with Gasteiger partial charge in [0.05, 0.1) is 13.4 Å². The van der Waals surface area contributed by atoms with E-state index in [0.29, 0.717) is 0 Å². The summed E-state index contributed by atoms with van der Waals surface area (Å²) in [5.74, 6) is -1.66. The van der Waals surface area contributed by atoms with Gasteiger partial charge < -0.3 is 13.7 Å². The van der Waals surface area contributed by atoms with Crippen molar-refractivity contribution in [3.63, 3.8) is 0 Å². The Kier molecular flexibility index (Phi) is 5.09. The fourth-order valence-corrected chi connectivity index (χ4v) is 1.93. The number of rotatable bonds is 5. The van der Waals surface area contributed by atoms with Crippen LogP contribution in [0, 0.1) is 0 Å². The molecule has 20 heavy (non-hydrogen) atoms. The molecule has 0 bridgehead atoms. The second kappa shape index (κ2) is 6.38. The molecule has 1 aromatic rings. The van der Waals surface area contributed by atoms with Crippen LogP contribution in [0.15, 0.2) is 24.3 Å². The van der Waals surface area contributed by atoms with Gasteiger partial charge in [-0.3, -0.25) is 4.79 Å². The van der Waals surface area contributed by atoms with Crippen molar-refractivity contribution in [2.45, 2.75) is 13.0 Å². The van der Waals surface area contributed by atoms with Crippen LogP contribution >= 0.6 is 0 Å². The highest BCUT2D eigenvalue weighted by atomic mass is 32.2. The largest absolute Gasteiger partial charge is 0.466 e. The van der Waals surface area contributed by atoms with E-state index in [1.54, 1.807) is 6.07 Å². The lowest BCUT2D eigenvalue weighted by Crippen LogP contribution is -2.21. The monoisotopic (exact) mass is 302 g/mol. The Bertz CT molecular complexity index is 606. The lowest BCUT2D eigenvalue weighted by atomic mass is 10.1. The quantitative estimate of drug-likeness (QED) is 0.586. The normalized spacial score (nSPS) is 12.3. The summed E-state index contributed by atoms with van der Waals surface area (Å²) in [6.45, 7) is 1.12. The molecule has 1 rings (SSSR count). The van der Waals surface area contributed by atoms with Crippen LogP contribution in [0.3, 0.4) is 0 Å². The van der Waals surface area contributed by atoms with Crippen LogP contribution in [0.4, 0.5) is 0 Å². The van der Waals surface area contributed by atoms with E-state index in [1.807, 2.05) is 0 Å². The van der Waals surface area contributed by atoms with Crippen LogP contribution in [-0.4, -0.2) is 33.7 Å². The third-order valence-corrected chi connectivity index (χ3v) is 2.62. The second-order valence-corrected chi connectivity index (χ2v) is 5.41. The molecule has 0 heterocycles. The van der Waals surface area contributed by atoms with Crippen molar-refractivity contribution in [2.75, 3.05) is 13.4 Å². The van der Waals surface area contributed by atoms with Crippen molar-refractivity contribution in [2.24, 2.45) is 0 Å². The van der Waals surface area contributed by atoms with Crippen molar-refractivity contribution in [1.29, 1.82) is 0 Å². The summed E-state index contributed by atoms with van der Waals surface area (Å²) in [6.07, 6.45) is -0.529. The average Bonchev–Trinajstić information content (AvgIpc) is 2.34. The van der Waals surface area contributed by atoms with E-state index in [9.17, 15) is 18.0 Å². The summed E-state index contributed by atoms with van der Waals surface area (Å²) < 4.78 is 36.5. The third-order valence-electron chi connectivity index (χ3n) is 2.14. The Hall–Kier alpha value is -2.09. The van der Waals surface area contributed by atoms with Gasteiger partial charge in [0, 0.05) is 12.5 Å². The minimum atomic E-state index is -3.79. The summed E-state index contributed by atoms with van der Waals surface area (Å²) in [4.78, 5) is 22.7. The van der Waals surface area contributed by atoms with Crippen LogP contribution in [0.1, 0.15) is 18.6 Å². The van der Waals surface area contributed by atoms with Crippen molar-refractivity contribution in [3.05, 3.63) is 29.8 Å².